The Balaban J connectivity index is 2.50. The summed E-state index contributed by atoms with van der Waals surface area (Å²) in [5, 5.41) is 14.2. The van der Waals surface area contributed by atoms with E-state index >= 15 is 0 Å². The predicted octanol–water partition coefficient (Wildman–Crippen LogP) is 0.731. The van der Waals surface area contributed by atoms with Crippen LogP contribution in [0.25, 0.3) is 0 Å². The molecule has 0 amide bonds. The summed E-state index contributed by atoms with van der Waals surface area (Å²) in [5.41, 5.74) is 0. The molecule has 0 bridgehead atoms. The highest BCUT2D eigenvalue weighted by molar-refractivity contribution is 8.02. The molecule has 0 spiro atoms. The van der Waals surface area contributed by atoms with Crippen LogP contribution in [0.1, 0.15) is 0 Å². The molecular formula is C5H4N4S. The fourth-order valence-electron chi connectivity index (χ4n) is 0.622. The van der Waals surface area contributed by atoms with E-state index in [2.05, 4.69) is 15.3 Å². The molecule has 0 N–H and O–H groups in total. The minimum Gasteiger partial charge on any atom is -0.194 e. The van der Waals surface area contributed by atoms with Crippen LogP contribution in [0.2, 0.25) is 0 Å². The second-order valence-electron chi connectivity index (χ2n) is 1.67. The number of aromatic nitrogens is 3. The highest BCUT2D eigenvalue weighted by Crippen LogP contribution is 2.16. The van der Waals surface area contributed by atoms with Gasteiger partial charge in [-0.1, -0.05) is 11.8 Å². The van der Waals surface area contributed by atoms with E-state index in [9.17, 15) is 0 Å². The average Bonchev–Trinajstić information content (AvgIpc) is 2.28. The largest absolute Gasteiger partial charge is 0.216 e. The molecule has 0 fully saturated rings. The molecule has 5 heteroatoms. The molecule has 0 radical (unpaired) electrons. The number of allylic oxidation sites excluding steroid dienone is 1. The van der Waals surface area contributed by atoms with E-state index in [1.54, 1.807) is 17.2 Å². The Hall–Kier alpha value is -1.10. The van der Waals surface area contributed by atoms with Gasteiger partial charge in [0.15, 0.2) is 0 Å². The summed E-state index contributed by atoms with van der Waals surface area (Å²) in [4.78, 5) is 0. The summed E-state index contributed by atoms with van der Waals surface area (Å²) in [6.07, 6.45) is 5.14. The summed E-state index contributed by atoms with van der Waals surface area (Å²) in [6, 6.07) is 0. The van der Waals surface area contributed by atoms with E-state index in [1.165, 1.54) is 11.8 Å². The van der Waals surface area contributed by atoms with Gasteiger partial charge in [0, 0.05) is 6.21 Å². The molecule has 0 saturated carbocycles. The van der Waals surface area contributed by atoms with E-state index in [0.29, 0.717) is 0 Å². The van der Waals surface area contributed by atoms with Crippen LogP contribution in [0.5, 0.6) is 0 Å². The molecule has 0 saturated heterocycles. The number of nitrogens with zero attached hydrogens (tertiary/aromatic N) is 4. The Morgan fingerprint density at radius 3 is 3.50 bits per heavy atom. The highest BCUT2D eigenvalue weighted by atomic mass is 32.2. The summed E-state index contributed by atoms with van der Waals surface area (Å²) in [6.45, 7) is 0. The maximum absolute atomic E-state index is 4.01. The van der Waals surface area contributed by atoms with Crippen molar-refractivity contribution in [1.82, 2.24) is 14.9 Å². The van der Waals surface area contributed by atoms with Gasteiger partial charge in [0.1, 0.15) is 6.33 Å². The normalized spacial score (nSPS) is 14.8. The molecule has 0 unspecified atom stereocenters. The third kappa shape index (κ3) is 0.841. The van der Waals surface area contributed by atoms with Crippen molar-refractivity contribution in [3.63, 3.8) is 0 Å². The lowest BCUT2D eigenvalue weighted by Gasteiger charge is -1.89. The van der Waals surface area contributed by atoms with Crippen LogP contribution >= 0.6 is 11.8 Å². The van der Waals surface area contributed by atoms with Gasteiger partial charge in [-0.25, -0.2) is 0 Å². The molecule has 4 nitrogen and oxygen atoms in total. The Labute approximate surface area is 61.6 Å². The Morgan fingerprint density at radius 2 is 2.50 bits per heavy atom. The van der Waals surface area contributed by atoms with E-state index in [-0.39, 0.29) is 0 Å². The van der Waals surface area contributed by atoms with Crippen molar-refractivity contribution in [3.05, 3.63) is 17.8 Å². The van der Waals surface area contributed by atoms with Crippen LogP contribution in [-0.2, 0) is 0 Å². The Morgan fingerprint density at radius 1 is 1.50 bits per heavy atom. The van der Waals surface area contributed by atoms with Gasteiger partial charge in [0.25, 0.3) is 0 Å². The Bertz CT molecular complexity index is 288. The maximum atomic E-state index is 4.01. The lowest BCUT2D eigenvalue weighted by atomic mass is 10.7. The zero-order valence-electron chi connectivity index (χ0n) is 5.01. The minimum atomic E-state index is 0.796. The third-order valence-electron chi connectivity index (χ3n) is 1.03. The van der Waals surface area contributed by atoms with Gasteiger partial charge in [0.05, 0.1) is 0 Å². The number of hydrogen-bond acceptors (Lipinski definition) is 4. The topological polar surface area (TPSA) is 43.1 Å². The van der Waals surface area contributed by atoms with E-state index in [1.807, 2.05) is 11.5 Å². The van der Waals surface area contributed by atoms with Crippen molar-refractivity contribution in [3.8, 4) is 0 Å². The lowest BCUT2D eigenvalue weighted by Crippen LogP contribution is -1.85. The van der Waals surface area contributed by atoms with Crippen molar-refractivity contribution >= 4 is 18.0 Å². The average molecular weight is 152 g/mol. The Kier molecular flexibility index (Phi) is 1.28. The van der Waals surface area contributed by atoms with Gasteiger partial charge in [-0.15, -0.1) is 10.2 Å². The summed E-state index contributed by atoms with van der Waals surface area (Å²) in [7, 11) is 0. The molecule has 1 aliphatic rings. The zero-order valence-corrected chi connectivity index (χ0v) is 5.82. The molecule has 10 heavy (non-hydrogen) atoms. The zero-order chi connectivity index (χ0) is 6.81. The SMILES string of the molecule is C1=CSc2nncn2N=C1. The fourth-order valence-corrected chi connectivity index (χ4v) is 1.19. The van der Waals surface area contributed by atoms with Crippen LogP contribution < -0.4 is 0 Å². The van der Waals surface area contributed by atoms with Crippen molar-refractivity contribution in [1.29, 1.82) is 0 Å². The van der Waals surface area contributed by atoms with E-state index < -0.39 is 0 Å². The van der Waals surface area contributed by atoms with Crippen molar-refractivity contribution < 1.29 is 0 Å². The number of hydrogen-bond donors (Lipinski definition) is 0. The van der Waals surface area contributed by atoms with Crippen LogP contribution in [-0.4, -0.2) is 21.1 Å². The molecule has 1 aromatic heterocycles. The monoisotopic (exact) mass is 152 g/mol. The second kappa shape index (κ2) is 2.26. The van der Waals surface area contributed by atoms with Gasteiger partial charge in [-0.3, -0.25) is 0 Å². The quantitative estimate of drug-likeness (QED) is 0.550. The first-order chi connectivity index (χ1) is 4.97. The molecule has 0 aromatic carbocycles. The van der Waals surface area contributed by atoms with Gasteiger partial charge in [0.2, 0.25) is 5.16 Å². The number of fused-ring (bicyclic) bond motifs is 1. The first-order valence-electron chi connectivity index (χ1n) is 2.73. The van der Waals surface area contributed by atoms with Gasteiger partial charge in [-0.2, -0.15) is 9.78 Å². The molecule has 1 aliphatic heterocycles. The lowest BCUT2D eigenvalue weighted by molar-refractivity contribution is 0.770. The van der Waals surface area contributed by atoms with Gasteiger partial charge >= 0.3 is 0 Å². The molecule has 0 atom stereocenters. The second-order valence-corrected chi connectivity index (χ2v) is 2.54. The van der Waals surface area contributed by atoms with Crippen molar-refractivity contribution in [2.45, 2.75) is 5.16 Å². The van der Waals surface area contributed by atoms with Crippen molar-refractivity contribution in [2.24, 2.45) is 5.10 Å². The molecule has 50 valence electrons. The molecule has 2 heterocycles. The summed E-state index contributed by atoms with van der Waals surface area (Å²) < 4.78 is 1.63. The van der Waals surface area contributed by atoms with Crippen LogP contribution in [0.15, 0.2) is 28.1 Å². The smallest absolute Gasteiger partial charge is 0.194 e. The van der Waals surface area contributed by atoms with Crippen LogP contribution in [0, 0.1) is 0 Å². The molecule has 1 aromatic rings. The summed E-state index contributed by atoms with van der Waals surface area (Å²) in [5.74, 6) is 0. The van der Waals surface area contributed by atoms with E-state index in [4.69, 9.17) is 0 Å². The molecular weight excluding hydrogens is 148 g/mol. The van der Waals surface area contributed by atoms with Gasteiger partial charge in [-0.05, 0) is 11.5 Å². The molecule has 0 aliphatic carbocycles. The predicted molar refractivity (Wildman–Crippen MR) is 38.9 cm³/mol. The first-order valence-corrected chi connectivity index (χ1v) is 3.61. The van der Waals surface area contributed by atoms with Crippen LogP contribution in [0.3, 0.4) is 0 Å². The number of thioether (sulfide) groups is 1. The molecule has 2 rings (SSSR count). The highest BCUT2D eigenvalue weighted by Gasteiger charge is 2.01. The van der Waals surface area contributed by atoms with Gasteiger partial charge < -0.3 is 0 Å². The number of rotatable bonds is 0. The third-order valence-corrected chi connectivity index (χ3v) is 1.80. The summed E-state index contributed by atoms with van der Waals surface area (Å²) >= 11 is 1.50. The van der Waals surface area contributed by atoms with E-state index in [0.717, 1.165) is 5.16 Å². The minimum absolute atomic E-state index is 0.796. The first kappa shape index (κ1) is 5.67. The van der Waals surface area contributed by atoms with Crippen molar-refractivity contribution in [2.75, 3.05) is 0 Å². The maximum Gasteiger partial charge on any atom is 0.216 e. The fraction of sp³-hybridized carbons (Fsp3) is 0. The van der Waals surface area contributed by atoms with Crippen LogP contribution in [0.4, 0.5) is 0 Å². The standard InChI is InChI=1S/C5H4N4S/c1-2-7-9-4-6-8-5(9)10-3-1/h1-4H.